The van der Waals surface area contributed by atoms with Gasteiger partial charge in [0, 0.05) is 32.8 Å². The molecule has 2 amide bonds. The molecular weight excluding hydrogens is 344 g/mol. The Morgan fingerprint density at radius 3 is 2.64 bits per heavy atom. The number of rotatable bonds is 4. The zero-order chi connectivity index (χ0) is 17.8. The second-order valence-corrected chi connectivity index (χ2v) is 6.84. The molecule has 2 fully saturated rings. The monoisotopic (exact) mass is 366 g/mol. The van der Waals surface area contributed by atoms with Crippen molar-refractivity contribution in [2.45, 2.75) is 25.9 Å². The van der Waals surface area contributed by atoms with Crippen LogP contribution in [0.3, 0.4) is 0 Å². The highest BCUT2D eigenvalue weighted by Gasteiger charge is 2.31. The maximum atomic E-state index is 12.3. The molecule has 2 aliphatic rings. The molecule has 0 unspecified atom stereocenters. The Labute approximate surface area is 152 Å². The second kappa shape index (κ2) is 8.06. The molecule has 0 aromatic heterocycles. The number of amides is 2. The maximum absolute atomic E-state index is 12.3. The van der Waals surface area contributed by atoms with Gasteiger partial charge >= 0.3 is 0 Å². The van der Waals surface area contributed by atoms with Gasteiger partial charge in [0.2, 0.25) is 0 Å². The van der Waals surface area contributed by atoms with E-state index in [4.69, 9.17) is 21.1 Å². The summed E-state index contributed by atoms with van der Waals surface area (Å²) in [4.78, 5) is 28.2. The van der Waals surface area contributed by atoms with Crippen LogP contribution in [-0.2, 0) is 14.3 Å². The molecule has 2 heterocycles. The van der Waals surface area contributed by atoms with Crippen LogP contribution in [0.5, 0.6) is 5.75 Å². The number of hydrogen-bond donors (Lipinski definition) is 0. The van der Waals surface area contributed by atoms with Crippen LogP contribution in [0, 0.1) is 6.92 Å². The topological polar surface area (TPSA) is 59.1 Å². The zero-order valence-corrected chi connectivity index (χ0v) is 15.1. The smallest absolute Gasteiger partial charge is 0.260 e. The van der Waals surface area contributed by atoms with Crippen molar-refractivity contribution in [3.63, 3.8) is 0 Å². The Morgan fingerprint density at radius 1 is 1.24 bits per heavy atom. The van der Waals surface area contributed by atoms with Crippen molar-refractivity contribution < 1.29 is 19.1 Å². The lowest BCUT2D eigenvalue weighted by atomic mass is 10.2. The van der Waals surface area contributed by atoms with E-state index >= 15 is 0 Å². The molecular formula is C18H23ClN2O4. The van der Waals surface area contributed by atoms with Gasteiger partial charge in [0.1, 0.15) is 11.9 Å². The van der Waals surface area contributed by atoms with E-state index in [1.54, 1.807) is 15.9 Å². The third-order valence-corrected chi connectivity index (χ3v) is 4.90. The molecule has 136 valence electrons. The predicted octanol–water partition coefficient (Wildman–Crippen LogP) is 1.88. The Balaban J connectivity index is 1.46. The third kappa shape index (κ3) is 4.44. The van der Waals surface area contributed by atoms with Crippen molar-refractivity contribution in [1.82, 2.24) is 9.80 Å². The molecule has 1 aromatic carbocycles. The summed E-state index contributed by atoms with van der Waals surface area (Å²) in [5, 5.41) is 0.491. The first-order valence-corrected chi connectivity index (χ1v) is 8.99. The first-order chi connectivity index (χ1) is 12.0. The lowest BCUT2D eigenvalue weighted by molar-refractivity contribution is -0.146. The molecule has 0 saturated carbocycles. The molecule has 0 bridgehead atoms. The summed E-state index contributed by atoms with van der Waals surface area (Å²) in [5.74, 6) is 0.469. The van der Waals surface area contributed by atoms with Crippen LogP contribution < -0.4 is 4.74 Å². The van der Waals surface area contributed by atoms with Gasteiger partial charge in [-0.3, -0.25) is 9.59 Å². The molecule has 0 spiro atoms. The number of piperazine rings is 1. The van der Waals surface area contributed by atoms with Gasteiger partial charge in [0.25, 0.3) is 11.8 Å². The molecule has 2 saturated heterocycles. The number of ether oxygens (including phenoxy) is 2. The third-order valence-electron chi connectivity index (χ3n) is 4.59. The van der Waals surface area contributed by atoms with E-state index in [1.165, 1.54) is 0 Å². The molecule has 0 N–H and O–H groups in total. The fourth-order valence-electron chi connectivity index (χ4n) is 3.10. The van der Waals surface area contributed by atoms with Crippen LogP contribution >= 0.6 is 11.6 Å². The van der Waals surface area contributed by atoms with Gasteiger partial charge < -0.3 is 19.3 Å². The molecule has 0 radical (unpaired) electrons. The molecule has 6 nitrogen and oxygen atoms in total. The lowest BCUT2D eigenvalue weighted by Gasteiger charge is -2.35. The SMILES string of the molecule is Cc1ccc(Cl)c(OCC(=O)N2CCN(C(=O)[C@H]3CCCO3)CC2)c1. The number of carbonyl (C=O) groups is 2. The molecule has 3 rings (SSSR count). The van der Waals surface area contributed by atoms with Gasteiger partial charge in [-0.05, 0) is 37.5 Å². The first kappa shape index (κ1) is 18.0. The summed E-state index contributed by atoms with van der Waals surface area (Å²) in [7, 11) is 0. The summed E-state index contributed by atoms with van der Waals surface area (Å²) in [6.45, 7) is 4.65. The molecule has 1 aromatic rings. The maximum Gasteiger partial charge on any atom is 0.260 e. The van der Waals surface area contributed by atoms with Crippen LogP contribution in [0.25, 0.3) is 0 Å². The van der Waals surface area contributed by atoms with E-state index in [0.29, 0.717) is 43.6 Å². The summed E-state index contributed by atoms with van der Waals surface area (Å²) in [5.41, 5.74) is 1.02. The average Bonchev–Trinajstić information content (AvgIpc) is 3.16. The minimum Gasteiger partial charge on any atom is -0.482 e. The van der Waals surface area contributed by atoms with Crippen molar-refractivity contribution in [2.24, 2.45) is 0 Å². The number of benzene rings is 1. The Hall–Kier alpha value is -1.79. The Bertz CT molecular complexity index is 638. The Morgan fingerprint density at radius 2 is 1.96 bits per heavy atom. The van der Waals surface area contributed by atoms with E-state index in [9.17, 15) is 9.59 Å². The quantitative estimate of drug-likeness (QED) is 0.816. The van der Waals surface area contributed by atoms with Crippen molar-refractivity contribution in [3.05, 3.63) is 28.8 Å². The van der Waals surface area contributed by atoms with E-state index in [0.717, 1.165) is 18.4 Å². The van der Waals surface area contributed by atoms with Crippen LogP contribution in [0.2, 0.25) is 5.02 Å². The van der Waals surface area contributed by atoms with Crippen LogP contribution in [-0.4, -0.2) is 67.1 Å². The molecule has 2 aliphatic heterocycles. The zero-order valence-electron chi connectivity index (χ0n) is 14.4. The average molecular weight is 367 g/mol. The van der Waals surface area contributed by atoms with Gasteiger partial charge in [-0.1, -0.05) is 17.7 Å². The molecule has 25 heavy (non-hydrogen) atoms. The highest BCUT2D eigenvalue weighted by Crippen LogP contribution is 2.25. The van der Waals surface area contributed by atoms with Crippen LogP contribution in [0.15, 0.2) is 18.2 Å². The van der Waals surface area contributed by atoms with Gasteiger partial charge in [0.15, 0.2) is 6.61 Å². The van der Waals surface area contributed by atoms with Gasteiger partial charge in [-0.2, -0.15) is 0 Å². The summed E-state index contributed by atoms with van der Waals surface area (Å²) >= 11 is 6.08. The summed E-state index contributed by atoms with van der Waals surface area (Å²) < 4.78 is 11.0. The number of nitrogens with zero attached hydrogens (tertiary/aromatic N) is 2. The minimum atomic E-state index is -0.297. The highest BCUT2D eigenvalue weighted by atomic mass is 35.5. The van der Waals surface area contributed by atoms with Crippen LogP contribution in [0.1, 0.15) is 18.4 Å². The van der Waals surface area contributed by atoms with Crippen molar-refractivity contribution in [3.8, 4) is 5.75 Å². The number of carbonyl (C=O) groups excluding carboxylic acids is 2. The van der Waals surface area contributed by atoms with Gasteiger partial charge in [-0.25, -0.2) is 0 Å². The molecule has 1 atom stereocenters. The normalized spacial score (nSPS) is 20.6. The van der Waals surface area contributed by atoms with Crippen LogP contribution in [0.4, 0.5) is 0 Å². The molecule has 7 heteroatoms. The van der Waals surface area contributed by atoms with Crippen molar-refractivity contribution in [1.29, 1.82) is 0 Å². The number of halogens is 1. The van der Waals surface area contributed by atoms with Crippen molar-refractivity contribution >= 4 is 23.4 Å². The second-order valence-electron chi connectivity index (χ2n) is 6.43. The standard InChI is InChI=1S/C18H23ClN2O4/c1-13-4-5-14(19)16(11-13)25-12-17(22)20-6-8-21(9-7-20)18(23)15-3-2-10-24-15/h4-5,11,15H,2-3,6-10,12H2,1H3/t15-/m1/s1. The largest absolute Gasteiger partial charge is 0.482 e. The highest BCUT2D eigenvalue weighted by molar-refractivity contribution is 6.32. The predicted molar refractivity (Wildman–Crippen MR) is 93.8 cm³/mol. The van der Waals surface area contributed by atoms with E-state index in [2.05, 4.69) is 0 Å². The Kier molecular flexibility index (Phi) is 5.81. The molecule has 0 aliphatic carbocycles. The van der Waals surface area contributed by atoms with E-state index in [-0.39, 0.29) is 24.5 Å². The fourth-order valence-corrected chi connectivity index (χ4v) is 3.28. The summed E-state index contributed by atoms with van der Waals surface area (Å²) in [6, 6.07) is 5.46. The minimum absolute atomic E-state index is 0.0485. The number of hydrogen-bond acceptors (Lipinski definition) is 4. The first-order valence-electron chi connectivity index (χ1n) is 8.62. The van der Waals surface area contributed by atoms with Gasteiger partial charge in [0.05, 0.1) is 5.02 Å². The van der Waals surface area contributed by atoms with E-state index in [1.807, 2.05) is 19.1 Å². The van der Waals surface area contributed by atoms with Gasteiger partial charge in [-0.15, -0.1) is 0 Å². The number of aryl methyl sites for hydroxylation is 1. The lowest BCUT2D eigenvalue weighted by Crippen LogP contribution is -2.53. The fraction of sp³-hybridized carbons (Fsp3) is 0.556. The van der Waals surface area contributed by atoms with Crippen molar-refractivity contribution in [2.75, 3.05) is 39.4 Å². The van der Waals surface area contributed by atoms with E-state index < -0.39 is 0 Å². The summed E-state index contributed by atoms with van der Waals surface area (Å²) in [6.07, 6.45) is 1.44.